The summed E-state index contributed by atoms with van der Waals surface area (Å²) in [5.41, 5.74) is 9.82. The average Bonchev–Trinajstić information content (AvgIpc) is 2.70. The van der Waals surface area contributed by atoms with E-state index in [0.29, 0.717) is 5.92 Å². The van der Waals surface area contributed by atoms with Crippen molar-refractivity contribution in [3.63, 3.8) is 0 Å². The Kier molecular flexibility index (Phi) is 2.80. The third-order valence-corrected chi connectivity index (χ3v) is 3.66. The number of nitrogens with two attached hydrogens (primary N) is 1. The zero-order valence-electron chi connectivity index (χ0n) is 10.8. The number of pyridine rings is 1. The molecule has 1 fully saturated rings. The molecule has 3 rings (SSSR count). The topological polar surface area (TPSA) is 68.2 Å². The van der Waals surface area contributed by atoms with Crippen LogP contribution in [0.25, 0.3) is 11.1 Å². The van der Waals surface area contributed by atoms with Gasteiger partial charge in [-0.25, -0.2) is 0 Å². The van der Waals surface area contributed by atoms with Crippen LogP contribution in [0.5, 0.6) is 0 Å². The first-order valence-corrected chi connectivity index (χ1v) is 6.30. The molecule has 0 amide bonds. The molecule has 2 atom stereocenters. The van der Waals surface area contributed by atoms with Gasteiger partial charge in [0.05, 0.1) is 0 Å². The van der Waals surface area contributed by atoms with E-state index >= 15 is 0 Å². The first-order chi connectivity index (χ1) is 8.65. The summed E-state index contributed by atoms with van der Waals surface area (Å²) in [7, 11) is 2.11. The number of nitrogens with zero attached hydrogens (tertiary/aromatic N) is 3. The minimum atomic E-state index is 0.223. The van der Waals surface area contributed by atoms with Crippen LogP contribution in [0.1, 0.15) is 23.6 Å². The van der Waals surface area contributed by atoms with Crippen molar-refractivity contribution >= 4 is 11.1 Å². The molecule has 0 bridgehead atoms. The molecule has 5 nitrogen and oxygen atoms in total. The predicted molar refractivity (Wildman–Crippen MR) is 69.4 cm³/mol. The van der Waals surface area contributed by atoms with Crippen LogP contribution in [-0.2, 0) is 0 Å². The van der Waals surface area contributed by atoms with E-state index in [1.54, 1.807) is 0 Å². The Hall–Kier alpha value is -1.46. The Morgan fingerprint density at radius 1 is 1.44 bits per heavy atom. The van der Waals surface area contributed by atoms with Gasteiger partial charge in [-0.05, 0) is 26.5 Å². The Balaban J connectivity index is 2.03. The van der Waals surface area contributed by atoms with Crippen LogP contribution in [0.2, 0.25) is 0 Å². The molecule has 1 aliphatic rings. The molecule has 18 heavy (non-hydrogen) atoms. The number of hydrogen-bond acceptors (Lipinski definition) is 5. The van der Waals surface area contributed by atoms with Gasteiger partial charge >= 0.3 is 0 Å². The fourth-order valence-electron chi connectivity index (χ4n) is 2.89. The summed E-state index contributed by atoms with van der Waals surface area (Å²) in [6.07, 6.45) is 2.82. The van der Waals surface area contributed by atoms with E-state index in [1.165, 1.54) is 5.56 Å². The SMILES string of the molecule is Cc1noc2c(C3CC(N)CN(C)C3)ccnc12. The maximum absolute atomic E-state index is 6.10. The third-order valence-electron chi connectivity index (χ3n) is 3.66. The largest absolute Gasteiger partial charge is 0.354 e. The molecule has 3 heterocycles. The zero-order chi connectivity index (χ0) is 12.7. The van der Waals surface area contributed by atoms with Crippen LogP contribution in [0.15, 0.2) is 16.8 Å². The first-order valence-electron chi connectivity index (χ1n) is 6.30. The highest BCUT2D eigenvalue weighted by atomic mass is 16.5. The quantitative estimate of drug-likeness (QED) is 0.821. The van der Waals surface area contributed by atoms with Gasteiger partial charge < -0.3 is 15.2 Å². The summed E-state index contributed by atoms with van der Waals surface area (Å²) in [5, 5.41) is 4.01. The van der Waals surface area contributed by atoms with Crippen LogP contribution < -0.4 is 5.73 Å². The molecule has 0 spiro atoms. The second kappa shape index (κ2) is 4.33. The summed E-state index contributed by atoms with van der Waals surface area (Å²) >= 11 is 0. The summed E-state index contributed by atoms with van der Waals surface area (Å²) in [6.45, 7) is 3.88. The number of fused-ring (bicyclic) bond motifs is 1. The fraction of sp³-hybridized carbons (Fsp3) is 0.538. The molecule has 2 N–H and O–H groups in total. The second-order valence-corrected chi connectivity index (χ2v) is 5.26. The van der Waals surface area contributed by atoms with Gasteiger partial charge in [0.2, 0.25) is 0 Å². The lowest BCUT2D eigenvalue weighted by atomic mass is 9.88. The number of aromatic nitrogens is 2. The molecule has 0 aliphatic carbocycles. The molecule has 1 saturated heterocycles. The lowest BCUT2D eigenvalue weighted by Crippen LogP contribution is -2.44. The highest BCUT2D eigenvalue weighted by molar-refractivity contribution is 5.78. The molecular formula is C13H18N4O. The van der Waals surface area contributed by atoms with Crippen molar-refractivity contribution in [1.29, 1.82) is 0 Å². The molecule has 0 saturated carbocycles. The van der Waals surface area contributed by atoms with Gasteiger partial charge in [-0.1, -0.05) is 5.16 Å². The van der Waals surface area contributed by atoms with Crippen LogP contribution in [0, 0.1) is 6.92 Å². The van der Waals surface area contributed by atoms with Crippen molar-refractivity contribution in [2.45, 2.75) is 25.3 Å². The molecule has 1 aliphatic heterocycles. The molecule has 5 heteroatoms. The van der Waals surface area contributed by atoms with Crippen molar-refractivity contribution in [3.8, 4) is 0 Å². The first kappa shape index (κ1) is 11.6. The van der Waals surface area contributed by atoms with Gasteiger partial charge in [-0.3, -0.25) is 4.98 Å². The molecule has 96 valence electrons. The van der Waals surface area contributed by atoms with E-state index in [1.807, 2.05) is 19.2 Å². The highest BCUT2D eigenvalue weighted by Crippen LogP contribution is 2.31. The lowest BCUT2D eigenvalue weighted by molar-refractivity contribution is 0.226. The van der Waals surface area contributed by atoms with Crippen molar-refractivity contribution in [2.75, 3.05) is 20.1 Å². The Morgan fingerprint density at radius 2 is 2.28 bits per heavy atom. The lowest BCUT2D eigenvalue weighted by Gasteiger charge is -2.33. The summed E-state index contributed by atoms with van der Waals surface area (Å²) < 4.78 is 5.43. The van der Waals surface area contributed by atoms with E-state index in [0.717, 1.165) is 36.3 Å². The van der Waals surface area contributed by atoms with Gasteiger partial charge in [0.1, 0.15) is 11.2 Å². The molecule has 2 aromatic heterocycles. The van der Waals surface area contributed by atoms with Crippen LogP contribution in [-0.4, -0.2) is 41.2 Å². The average molecular weight is 246 g/mol. The summed E-state index contributed by atoms with van der Waals surface area (Å²) in [4.78, 5) is 6.61. The minimum Gasteiger partial charge on any atom is -0.354 e. The van der Waals surface area contributed by atoms with Gasteiger partial charge in [0.15, 0.2) is 5.58 Å². The smallest absolute Gasteiger partial charge is 0.189 e. The molecular weight excluding hydrogens is 228 g/mol. The van der Waals surface area contributed by atoms with E-state index < -0.39 is 0 Å². The maximum Gasteiger partial charge on any atom is 0.189 e. The number of rotatable bonds is 1. The number of likely N-dealkylation sites (N-methyl/N-ethyl adjacent to an activating group) is 1. The maximum atomic E-state index is 6.10. The van der Waals surface area contributed by atoms with E-state index in [9.17, 15) is 0 Å². The van der Waals surface area contributed by atoms with Gasteiger partial charge in [-0.2, -0.15) is 0 Å². The second-order valence-electron chi connectivity index (χ2n) is 5.26. The van der Waals surface area contributed by atoms with Crippen LogP contribution >= 0.6 is 0 Å². The summed E-state index contributed by atoms with van der Waals surface area (Å²) in [6, 6.07) is 2.25. The molecule has 0 radical (unpaired) electrons. The van der Waals surface area contributed by atoms with Crippen LogP contribution in [0.3, 0.4) is 0 Å². The standard InChI is InChI=1S/C13H18N4O/c1-8-12-13(18-16-8)11(3-4-15-12)9-5-10(14)7-17(2)6-9/h3-4,9-10H,5-7,14H2,1-2H3. The highest BCUT2D eigenvalue weighted by Gasteiger charge is 2.27. The van der Waals surface area contributed by atoms with Crippen molar-refractivity contribution in [3.05, 3.63) is 23.5 Å². The molecule has 0 aromatic carbocycles. The van der Waals surface area contributed by atoms with Crippen molar-refractivity contribution < 1.29 is 4.52 Å². The summed E-state index contributed by atoms with van der Waals surface area (Å²) in [5.74, 6) is 0.400. The van der Waals surface area contributed by atoms with Gasteiger partial charge in [0.25, 0.3) is 0 Å². The Labute approximate surface area is 106 Å². The number of aryl methyl sites for hydroxylation is 1. The van der Waals surface area contributed by atoms with E-state index in [4.69, 9.17) is 10.3 Å². The van der Waals surface area contributed by atoms with E-state index in [2.05, 4.69) is 22.1 Å². The van der Waals surface area contributed by atoms with Gasteiger partial charge in [-0.15, -0.1) is 0 Å². The zero-order valence-corrected chi connectivity index (χ0v) is 10.8. The van der Waals surface area contributed by atoms with Crippen molar-refractivity contribution in [1.82, 2.24) is 15.0 Å². The Morgan fingerprint density at radius 3 is 3.06 bits per heavy atom. The molecule has 2 aromatic rings. The van der Waals surface area contributed by atoms with Crippen molar-refractivity contribution in [2.24, 2.45) is 5.73 Å². The number of likely N-dealkylation sites (tertiary alicyclic amines) is 1. The monoisotopic (exact) mass is 246 g/mol. The molecule has 2 unspecified atom stereocenters. The minimum absolute atomic E-state index is 0.223. The van der Waals surface area contributed by atoms with Gasteiger partial charge in [0, 0.05) is 36.8 Å². The Bertz CT molecular complexity index is 555. The fourth-order valence-corrected chi connectivity index (χ4v) is 2.89. The normalized spacial score (nSPS) is 25.7. The number of hydrogen-bond donors (Lipinski definition) is 1. The van der Waals surface area contributed by atoms with Crippen LogP contribution in [0.4, 0.5) is 0 Å². The van der Waals surface area contributed by atoms with E-state index in [-0.39, 0.29) is 6.04 Å². The predicted octanol–water partition coefficient (Wildman–Crippen LogP) is 1.28. The number of piperidine rings is 1. The third kappa shape index (κ3) is 1.89.